The molecule has 0 bridgehead atoms. The van der Waals surface area contributed by atoms with E-state index in [4.69, 9.17) is 11.6 Å². The van der Waals surface area contributed by atoms with Crippen molar-refractivity contribution < 1.29 is 19.5 Å². The molecule has 6 nitrogen and oxygen atoms in total. The molecule has 2 amide bonds. The van der Waals surface area contributed by atoms with Crippen molar-refractivity contribution in [3.05, 3.63) is 102 Å². The second-order valence-electron chi connectivity index (χ2n) is 8.39. The third-order valence-corrected chi connectivity index (χ3v) is 7.53. The number of hydrogen-bond donors (Lipinski definition) is 3. The van der Waals surface area contributed by atoms with Crippen LogP contribution in [0.5, 0.6) is 0 Å². The Hall–Kier alpha value is -3.55. The van der Waals surface area contributed by atoms with E-state index in [1.807, 2.05) is 48.5 Å². The van der Waals surface area contributed by atoms with Gasteiger partial charge in [-0.25, -0.2) is 0 Å². The van der Waals surface area contributed by atoms with Crippen LogP contribution in [0.2, 0.25) is 5.02 Å². The maximum Gasteiger partial charge on any atom is 0.307 e. The molecule has 36 heavy (non-hydrogen) atoms. The summed E-state index contributed by atoms with van der Waals surface area (Å²) in [6.07, 6.45) is 4.40. The first-order valence-corrected chi connectivity index (χ1v) is 12.7. The molecule has 0 fully saturated rings. The summed E-state index contributed by atoms with van der Waals surface area (Å²) < 4.78 is 0. The van der Waals surface area contributed by atoms with Crippen molar-refractivity contribution in [2.75, 3.05) is 10.6 Å². The van der Waals surface area contributed by atoms with Gasteiger partial charge in [0.15, 0.2) is 0 Å². The van der Waals surface area contributed by atoms with Crippen LogP contribution < -0.4 is 10.6 Å². The van der Waals surface area contributed by atoms with Crippen molar-refractivity contribution in [1.29, 1.82) is 0 Å². The van der Waals surface area contributed by atoms with E-state index in [2.05, 4.69) is 10.6 Å². The number of allylic oxidation sites excluding steroid dienone is 2. The lowest BCUT2D eigenvalue weighted by Crippen LogP contribution is -2.34. The Labute approximate surface area is 218 Å². The summed E-state index contributed by atoms with van der Waals surface area (Å²) in [5.74, 6) is -2.82. The summed E-state index contributed by atoms with van der Waals surface area (Å²) in [7, 11) is 0. The van der Waals surface area contributed by atoms with Crippen molar-refractivity contribution in [3.63, 3.8) is 0 Å². The zero-order valence-electron chi connectivity index (χ0n) is 19.3. The predicted octanol–water partition coefficient (Wildman–Crippen LogP) is 6.42. The largest absolute Gasteiger partial charge is 0.481 e. The van der Waals surface area contributed by atoms with Crippen LogP contribution in [-0.2, 0) is 14.4 Å². The molecule has 0 spiro atoms. The molecular weight excluding hydrogens is 496 g/mol. The minimum atomic E-state index is -0.965. The molecular formula is C28H25ClN2O4S. The zero-order valence-corrected chi connectivity index (χ0v) is 20.8. The van der Waals surface area contributed by atoms with Crippen LogP contribution in [0.15, 0.2) is 95.9 Å². The molecule has 0 saturated heterocycles. The standard InChI is InChI=1S/C28H25ClN2O4S/c29-23-12-6-7-13-24(23)31-27(33)25(18-8-2-1-3-9-18)36-20-16-14-19(15-17-20)30-26(32)21-10-4-5-11-22(21)28(34)35/h1-9,12-17,21-22,25H,10-11H2,(H,30,32)(H,31,33)(H,34,35). The fourth-order valence-corrected chi connectivity index (χ4v) is 5.23. The second kappa shape index (κ2) is 11.9. The van der Waals surface area contributed by atoms with E-state index in [1.54, 1.807) is 42.5 Å². The van der Waals surface area contributed by atoms with Crippen LogP contribution in [-0.4, -0.2) is 22.9 Å². The van der Waals surface area contributed by atoms with Gasteiger partial charge in [0.1, 0.15) is 5.25 Å². The van der Waals surface area contributed by atoms with Gasteiger partial charge in [-0.1, -0.05) is 66.2 Å². The zero-order chi connectivity index (χ0) is 25.5. The lowest BCUT2D eigenvalue weighted by molar-refractivity contribution is -0.146. The first kappa shape index (κ1) is 25.5. The van der Waals surface area contributed by atoms with E-state index in [0.29, 0.717) is 29.2 Å². The van der Waals surface area contributed by atoms with Crippen LogP contribution in [0.3, 0.4) is 0 Å². The number of thioether (sulfide) groups is 1. The fourth-order valence-electron chi connectivity index (χ4n) is 4.03. The van der Waals surface area contributed by atoms with Gasteiger partial charge < -0.3 is 15.7 Å². The number of carboxylic acids is 1. The van der Waals surface area contributed by atoms with E-state index < -0.39 is 23.1 Å². The van der Waals surface area contributed by atoms with Gasteiger partial charge in [-0.15, -0.1) is 11.8 Å². The molecule has 0 aliphatic heterocycles. The Kier molecular flexibility index (Phi) is 8.46. The van der Waals surface area contributed by atoms with Crippen molar-refractivity contribution in [1.82, 2.24) is 0 Å². The number of carbonyl (C=O) groups is 3. The molecule has 3 atom stereocenters. The molecule has 184 valence electrons. The highest BCUT2D eigenvalue weighted by Gasteiger charge is 2.34. The fraction of sp³-hybridized carbons (Fsp3) is 0.179. The highest BCUT2D eigenvalue weighted by atomic mass is 35.5. The number of aliphatic carboxylic acids is 1. The van der Waals surface area contributed by atoms with Gasteiger partial charge in [0.25, 0.3) is 0 Å². The first-order chi connectivity index (χ1) is 17.4. The van der Waals surface area contributed by atoms with Crippen molar-refractivity contribution in [2.24, 2.45) is 11.8 Å². The predicted molar refractivity (Wildman–Crippen MR) is 143 cm³/mol. The number of carbonyl (C=O) groups excluding carboxylic acids is 2. The SMILES string of the molecule is O=C(Nc1ccccc1Cl)C(Sc1ccc(NC(=O)C2CC=CCC2C(=O)O)cc1)c1ccccc1. The highest BCUT2D eigenvalue weighted by molar-refractivity contribution is 8.00. The Morgan fingerprint density at radius 3 is 2.14 bits per heavy atom. The number of amides is 2. The van der Waals surface area contributed by atoms with Gasteiger partial charge >= 0.3 is 5.97 Å². The highest BCUT2D eigenvalue weighted by Crippen LogP contribution is 2.37. The summed E-state index contributed by atoms with van der Waals surface area (Å²) in [4.78, 5) is 38.3. The molecule has 3 N–H and O–H groups in total. The topological polar surface area (TPSA) is 95.5 Å². The molecule has 3 aromatic carbocycles. The molecule has 0 heterocycles. The normalized spacial score (nSPS) is 17.7. The van der Waals surface area contributed by atoms with Crippen LogP contribution in [0.1, 0.15) is 23.7 Å². The van der Waals surface area contributed by atoms with Crippen LogP contribution in [0, 0.1) is 11.8 Å². The number of carboxylic acid groups (broad SMARTS) is 1. The summed E-state index contributed by atoms with van der Waals surface area (Å²) in [5, 5.41) is 15.1. The molecule has 1 aliphatic carbocycles. The number of para-hydroxylation sites is 1. The van der Waals surface area contributed by atoms with Gasteiger partial charge in [-0.05, 0) is 54.8 Å². The third kappa shape index (κ3) is 6.36. The van der Waals surface area contributed by atoms with Gasteiger partial charge in [-0.3, -0.25) is 14.4 Å². The van der Waals surface area contributed by atoms with Crippen molar-refractivity contribution in [2.45, 2.75) is 23.0 Å². The second-order valence-corrected chi connectivity index (χ2v) is 9.97. The number of anilines is 2. The molecule has 0 saturated carbocycles. The van der Waals surface area contributed by atoms with Crippen molar-refractivity contribution >= 4 is 52.5 Å². The minimum absolute atomic E-state index is 0.207. The molecule has 1 aliphatic rings. The van der Waals surface area contributed by atoms with E-state index in [1.165, 1.54) is 11.8 Å². The summed E-state index contributed by atoms with van der Waals surface area (Å²) in [5.41, 5.74) is 1.95. The van der Waals surface area contributed by atoms with Gasteiger partial charge in [0, 0.05) is 10.6 Å². The Morgan fingerprint density at radius 1 is 0.833 bits per heavy atom. The van der Waals surface area contributed by atoms with Crippen LogP contribution in [0.25, 0.3) is 0 Å². The molecule has 4 rings (SSSR count). The van der Waals surface area contributed by atoms with Crippen LogP contribution in [0.4, 0.5) is 11.4 Å². The number of hydrogen-bond acceptors (Lipinski definition) is 4. The van der Waals surface area contributed by atoms with Crippen molar-refractivity contribution in [3.8, 4) is 0 Å². The molecule has 3 unspecified atom stereocenters. The Morgan fingerprint density at radius 2 is 1.47 bits per heavy atom. The molecule has 8 heteroatoms. The summed E-state index contributed by atoms with van der Waals surface area (Å²) >= 11 is 7.61. The van der Waals surface area contributed by atoms with E-state index in [0.717, 1.165) is 10.5 Å². The molecule has 0 radical (unpaired) electrons. The lowest BCUT2D eigenvalue weighted by Gasteiger charge is -2.24. The monoisotopic (exact) mass is 520 g/mol. The summed E-state index contributed by atoms with van der Waals surface area (Å²) in [6.45, 7) is 0. The Balaban J connectivity index is 1.47. The number of nitrogens with one attached hydrogen (secondary N) is 2. The maximum atomic E-state index is 13.2. The average Bonchev–Trinajstić information content (AvgIpc) is 2.90. The van der Waals surface area contributed by atoms with E-state index in [9.17, 15) is 19.5 Å². The molecule has 0 aromatic heterocycles. The average molecular weight is 521 g/mol. The van der Waals surface area contributed by atoms with E-state index in [-0.39, 0.29) is 11.8 Å². The quantitative estimate of drug-likeness (QED) is 0.235. The number of halogens is 1. The van der Waals surface area contributed by atoms with Crippen LogP contribution >= 0.6 is 23.4 Å². The first-order valence-electron chi connectivity index (χ1n) is 11.5. The van der Waals surface area contributed by atoms with Gasteiger partial charge in [0.05, 0.1) is 22.5 Å². The van der Waals surface area contributed by atoms with Gasteiger partial charge in [-0.2, -0.15) is 0 Å². The third-order valence-electron chi connectivity index (χ3n) is 5.93. The lowest BCUT2D eigenvalue weighted by atomic mass is 9.82. The number of benzene rings is 3. The Bertz CT molecular complexity index is 1260. The summed E-state index contributed by atoms with van der Waals surface area (Å²) in [6, 6.07) is 23.7. The van der Waals surface area contributed by atoms with E-state index >= 15 is 0 Å². The minimum Gasteiger partial charge on any atom is -0.481 e. The van der Waals surface area contributed by atoms with Gasteiger partial charge in [0.2, 0.25) is 11.8 Å². The molecule has 3 aromatic rings. The maximum absolute atomic E-state index is 13.2. The number of rotatable bonds is 8. The smallest absolute Gasteiger partial charge is 0.307 e.